The van der Waals surface area contributed by atoms with E-state index in [9.17, 15) is 0 Å². The summed E-state index contributed by atoms with van der Waals surface area (Å²) >= 11 is 8.27. The van der Waals surface area contributed by atoms with Gasteiger partial charge in [-0.1, -0.05) is 66.2 Å². The average molecular weight is 647 g/mol. The van der Waals surface area contributed by atoms with Crippen molar-refractivity contribution in [2.45, 2.75) is 25.0 Å². The van der Waals surface area contributed by atoms with Crippen molar-refractivity contribution in [1.29, 1.82) is 0 Å². The Morgan fingerprint density at radius 2 is 1.82 bits per heavy atom. The number of halogens is 2. The summed E-state index contributed by atoms with van der Waals surface area (Å²) in [6, 6.07) is 29.2. The van der Waals surface area contributed by atoms with E-state index in [-0.39, 0.29) is 6.04 Å². The number of rotatable bonds is 7. The van der Waals surface area contributed by atoms with Gasteiger partial charge in [-0.3, -0.25) is 4.99 Å². The number of aliphatic imine (C=N–C) groups is 1. The molecule has 6 rings (SSSR count). The Bertz CT molecular complexity index is 1530. The highest BCUT2D eigenvalue weighted by atomic mass is 127. The SMILES string of the molecule is COc1cc(C=Nc2ccc([C@@H]3Nc4ccccc4[C@H]4C=CC[C@@H]43)cc2)cc(I)c1OCc1ccc(Cl)cc1. The lowest BCUT2D eigenvalue weighted by Gasteiger charge is -2.37. The molecule has 1 N–H and O–H groups in total. The molecule has 1 aliphatic carbocycles. The summed E-state index contributed by atoms with van der Waals surface area (Å²) in [4.78, 5) is 4.74. The highest BCUT2D eigenvalue weighted by Crippen LogP contribution is 2.49. The number of nitrogens with zero attached hydrogens (tertiary/aromatic N) is 1. The van der Waals surface area contributed by atoms with Gasteiger partial charge >= 0.3 is 0 Å². The fourth-order valence-corrected chi connectivity index (χ4v) is 6.39. The monoisotopic (exact) mass is 646 g/mol. The Balaban J connectivity index is 1.16. The summed E-state index contributed by atoms with van der Waals surface area (Å²) in [6.45, 7) is 0.433. The molecular weight excluding hydrogens is 619 g/mol. The minimum absolute atomic E-state index is 0.282. The van der Waals surface area contributed by atoms with Gasteiger partial charge in [0.1, 0.15) is 6.61 Å². The van der Waals surface area contributed by atoms with Crippen molar-refractivity contribution in [3.05, 3.63) is 128 Å². The van der Waals surface area contributed by atoms with Gasteiger partial charge in [0.05, 0.1) is 22.4 Å². The Labute approximate surface area is 247 Å². The fourth-order valence-electron chi connectivity index (χ4n) is 5.48. The lowest BCUT2D eigenvalue weighted by molar-refractivity contribution is 0.282. The van der Waals surface area contributed by atoms with Crippen LogP contribution in [-0.4, -0.2) is 13.3 Å². The first-order valence-electron chi connectivity index (χ1n) is 13.0. The van der Waals surface area contributed by atoms with Crippen LogP contribution in [0, 0.1) is 9.49 Å². The lowest BCUT2D eigenvalue weighted by Crippen LogP contribution is -2.28. The molecule has 1 aliphatic heterocycles. The quantitative estimate of drug-likeness (QED) is 0.124. The number of anilines is 1. The van der Waals surface area contributed by atoms with Crippen LogP contribution in [0.3, 0.4) is 0 Å². The molecule has 0 spiro atoms. The molecule has 6 heteroatoms. The number of ether oxygens (including phenoxy) is 2. The molecule has 3 atom stereocenters. The van der Waals surface area contributed by atoms with Crippen LogP contribution >= 0.6 is 34.2 Å². The van der Waals surface area contributed by atoms with Crippen LogP contribution in [0.1, 0.15) is 40.6 Å². The Morgan fingerprint density at radius 1 is 1.03 bits per heavy atom. The third-order valence-corrected chi connectivity index (χ3v) is 8.49. The number of hydrogen-bond acceptors (Lipinski definition) is 4. The molecule has 0 fully saturated rings. The van der Waals surface area contributed by atoms with Crippen LogP contribution in [0.4, 0.5) is 11.4 Å². The van der Waals surface area contributed by atoms with E-state index >= 15 is 0 Å². The molecule has 4 aromatic rings. The second-order valence-electron chi connectivity index (χ2n) is 9.86. The van der Waals surface area contributed by atoms with Crippen LogP contribution in [-0.2, 0) is 6.61 Å². The first-order valence-corrected chi connectivity index (χ1v) is 14.5. The number of nitrogens with one attached hydrogen (secondary N) is 1. The number of benzene rings is 4. The van der Waals surface area contributed by atoms with E-state index < -0.39 is 0 Å². The second-order valence-corrected chi connectivity index (χ2v) is 11.5. The minimum Gasteiger partial charge on any atom is -0.493 e. The third-order valence-electron chi connectivity index (χ3n) is 7.44. The third kappa shape index (κ3) is 5.56. The van der Waals surface area contributed by atoms with Crippen molar-refractivity contribution >= 4 is 51.8 Å². The van der Waals surface area contributed by atoms with Crippen molar-refractivity contribution in [2.75, 3.05) is 12.4 Å². The summed E-state index contributed by atoms with van der Waals surface area (Å²) < 4.78 is 12.7. The largest absolute Gasteiger partial charge is 0.493 e. The number of para-hydroxylation sites is 1. The van der Waals surface area contributed by atoms with Gasteiger partial charge in [0.15, 0.2) is 11.5 Å². The first-order chi connectivity index (χ1) is 19.1. The van der Waals surface area contributed by atoms with Crippen molar-refractivity contribution in [2.24, 2.45) is 10.9 Å². The van der Waals surface area contributed by atoms with Crippen molar-refractivity contribution in [3.8, 4) is 11.5 Å². The van der Waals surface area contributed by atoms with Crippen LogP contribution in [0.15, 0.2) is 102 Å². The normalized spacial score (nSPS) is 19.4. The maximum atomic E-state index is 6.09. The smallest absolute Gasteiger partial charge is 0.174 e. The number of allylic oxidation sites excluding steroid dienone is 2. The van der Waals surface area contributed by atoms with Gasteiger partial charge in [-0.2, -0.15) is 0 Å². The zero-order valence-electron chi connectivity index (χ0n) is 21.5. The Kier molecular flexibility index (Phi) is 7.62. The van der Waals surface area contributed by atoms with Gasteiger partial charge in [-0.15, -0.1) is 0 Å². The van der Waals surface area contributed by atoms with Crippen molar-refractivity contribution in [3.63, 3.8) is 0 Å². The number of fused-ring (bicyclic) bond motifs is 3. The van der Waals surface area contributed by atoms with Gasteiger partial charge in [0, 0.05) is 22.8 Å². The minimum atomic E-state index is 0.282. The predicted octanol–water partition coefficient (Wildman–Crippen LogP) is 9.11. The Hall–Kier alpha value is -3.29. The molecule has 0 amide bonds. The molecule has 2 aliphatic rings. The molecule has 39 heavy (non-hydrogen) atoms. The zero-order valence-corrected chi connectivity index (χ0v) is 24.4. The average Bonchev–Trinajstić information content (AvgIpc) is 3.46. The van der Waals surface area contributed by atoms with Crippen LogP contribution < -0.4 is 14.8 Å². The second kappa shape index (κ2) is 11.4. The summed E-state index contributed by atoms with van der Waals surface area (Å²) in [7, 11) is 1.66. The van der Waals surface area contributed by atoms with E-state index in [1.54, 1.807) is 7.11 Å². The summed E-state index contributed by atoms with van der Waals surface area (Å²) in [5.41, 5.74) is 6.83. The maximum absolute atomic E-state index is 6.09. The molecule has 0 saturated carbocycles. The topological polar surface area (TPSA) is 42.8 Å². The molecule has 1 heterocycles. The van der Waals surface area contributed by atoms with Gasteiger partial charge in [-0.05, 0) is 99.6 Å². The Morgan fingerprint density at radius 3 is 2.62 bits per heavy atom. The predicted molar refractivity (Wildman–Crippen MR) is 168 cm³/mol. The number of methoxy groups -OCH3 is 1. The maximum Gasteiger partial charge on any atom is 0.174 e. The highest BCUT2D eigenvalue weighted by molar-refractivity contribution is 14.1. The molecule has 0 unspecified atom stereocenters. The summed E-state index contributed by atoms with van der Waals surface area (Å²) in [6.07, 6.45) is 7.67. The number of hydrogen-bond donors (Lipinski definition) is 1. The first kappa shape index (κ1) is 26.0. The van der Waals surface area contributed by atoms with E-state index in [0.29, 0.717) is 29.2 Å². The highest BCUT2D eigenvalue weighted by Gasteiger charge is 2.37. The van der Waals surface area contributed by atoms with Crippen LogP contribution in [0.2, 0.25) is 5.02 Å². The molecule has 4 nitrogen and oxygen atoms in total. The van der Waals surface area contributed by atoms with Gasteiger partial charge in [0.25, 0.3) is 0 Å². The molecule has 4 aromatic carbocycles. The van der Waals surface area contributed by atoms with E-state index in [0.717, 1.165) is 32.6 Å². The van der Waals surface area contributed by atoms with Gasteiger partial charge < -0.3 is 14.8 Å². The van der Waals surface area contributed by atoms with Gasteiger partial charge in [-0.25, -0.2) is 0 Å². The molecule has 0 aromatic heterocycles. The summed E-state index contributed by atoms with van der Waals surface area (Å²) in [5, 5.41) is 4.51. The van der Waals surface area contributed by atoms with E-state index in [1.165, 1.54) is 16.8 Å². The van der Waals surface area contributed by atoms with E-state index in [4.69, 9.17) is 26.1 Å². The fraction of sp³-hybridized carbons (Fsp3) is 0.182. The standard InChI is InChI=1S/C33H28ClIN2O2/c1-38-31-18-22(17-29(35)33(31)39-20-21-9-13-24(34)14-10-21)19-36-25-15-11-23(12-16-25)32-28-7-4-6-26(28)27-5-2-3-8-30(27)37-32/h2-6,8-19,26,28,32,37H,7,20H2,1H3/t26-,28+,32+/m1/s1. The van der Waals surface area contributed by atoms with E-state index in [2.05, 4.69) is 94.7 Å². The van der Waals surface area contributed by atoms with Crippen molar-refractivity contribution in [1.82, 2.24) is 0 Å². The zero-order chi connectivity index (χ0) is 26.8. The van der Waals surface area contributed by atoms with Crippen molar-refractivity contribution < 1.29 is 9.47 Å². The van der Waals surface area contributed by atoms with Crippen LogP contribution in [0.25, 0.3) is 0 Å². The lowest BCUT2D eigenvalue weighted by atomic mass is 9.77. The molecule has 0 radical (unpaired) electrons. The molecule has 0 saturated heterocycles. The van der Waals surface area contributed by atoms with E-state index in [1.807, 2.05) is 36.5 Å². The molecule has 196 valence electrons. The molecular formula is C33H28ClIN2O2. The van der Waals surface area contributed by atoms with Gasteiger partial charge in [0.2, 0.25) is 0 Å². The molecule has 0 bridgehead atoms. The van der Waals surface area contributed by atoms with Crippen LogP contribution in [0.5, 0.6) is 11.5 Å². The summed E-state index contributed by atoms with van der Waals surface area (Å²) in [5.74, 6) is 2.40.